The maximum Gasteiger partial charge on any atom is 0.450 e. The number of anilines is 2. The number of phenols is 1. The summed E-state index contributed by atoms with van der Waals surface area (Å²) < 4.78 is 0. The number of non-ortho nitro benzene ring substituents is 1. The summed E-state index contributed by atoms with van der Waals surface area (Å²) in [6.07, 6.45) is 0.803. The van der Waals surface area contributed by atoms with Crippen molar-refractivity contribution in [1.29, 1.82) is 0 Å². The number of carbonyl (C=O) groups is 1. The Morgan fingerprint density at radius 2 is 1.97 bits per heavy atom. The molecule has 11 heteroatoms. The van der Waals surface area contributed by atoms with E-state index >= 15 is 0 Å². The Morgan fingerprint density at radius 3 is 2.55 bits per heavy atom. The zero-order chi connectivity index (χ0) is 20.0. The van der Waals surface area contributed by atoms with Crippen molar-refractivity contribution < 1.29 is 44.6 Å². The number of Topliss-reactive ketones (excluding diaryl/α,β-unsaturated/α-hetero) is 1. The van der Waals surface area contributed by atoms with Crippen LogP contribution in [0.5, 0.6) is 5.75 Å². The van der Waals surface area contributed by atoms with Gasteiger partial charge in [0.25, 0.3) is 5.69 Å². The van der Waals surface area contributed by atoms with Gasteiger partial charge in [0, 0.05) is 44.2 Å². The van der Waals surface area contributed by atoms with Crippen LogP contribution in [0.15, 0.2) is 47.6 Å². The Labute approximate surface area is 179 Å². The van der Waals surface area contributed by atoms with E-state index in [2.05, 4.69) is 15.8 Å². The molecule has 0 bridgehead atoms. The standard InChI is InChI=1S/C18H18N4O5.H2O.Zn/c1-3-12-5-4-6-13(9-12)19-18(25)17(11(2)23)21-20-15-10-14(22(26)27)7-8-16(15)24;;/h4-10,20,24H,3H2,1-2H3,(H,19,25);1H2;/p+2/b21-17-;;. The van der Waals surface area contributed by atoms with Crippen molar-refractivity contribution in [3.63, 3.8) is 0 Å². The number of nitrogens with one attached hydrogen (secondary N) is 2. The summed E-state index contributed by atoms with van der Waals surface area (Å²) in [5, 5.41) is 27.1. The van der Waals surface area contributed by atoms with E-state index < -0.39 is 16.6 Å². The van der Waals surface area contributed by atoms with Crippen LogP contribution in [0.4, 0.5) is 17.1 Å². The number of hydrazone groups is 1. The van der Waals surface area contributed by atoms with E-state index in [1.807, 2.05) is 19.1 Å². The first-order chi connectivity index (χ1) is 12.8. The average molecular weight is 456 g/mol. The number of amides is 1. The number of aryl methyl sites for hydroxylation is 1. The van der Waals surface area contributed by atoms with Crippen LogP contribution in [0.25, 0.3) is 0 Å². The van der Waals surface area contributed by atoms with Crippen molar-refractivity contribution in [2.45, 2.75) is 20.3 Å². The van der Waals surface area contributed by atoms with Gasteiger partial charge in [-0.15, -0.1) is 0 Å². The minimum atomic E-state index is -0.633. The molecule has 29 heavy (non-hydrogen) atoms. The minimum absolute atomic E-state index is 0. The smallest absolute Gasteiger partial charge is 0.450 e. The van der Waals surface area contributed by atoms with Crippen molar-refractivity contribution in [2.24, 2.45) is 5.10 Å². The van der Waals surface area contributed by atoms with Gasteiger partial charge in [-0.25, -0.2) is 0 Å². The summed E-state index contributed by atoms with van der Waals surface area (Å²) in [6, 6.07) is 10.6. The molecule has 0 aliphatic rings. The SMILES string of the molecule is CCc1cccc(NC(=[OH+])/C(=N\Nc2cc([N+](=O)[O-])ccc2O)C(C)=O)c1.[OH3+].[Zn]. The molecule has 0 saturated heterocycles. The minimum Gasteiger partial charge on any atom is -0.506 e. The molecule has 0 spiro atoms. The van der Waals surface area contributed by atoms with E-state index in [4.69, 9.17) is 0 Å². The first-order valence-corrected chi connectivity index (χ1v) is 8.06. The third kappa shape index (κ3) is 7.06. The molecule has 7 N–H and O–H groups in total. The molecule has 150 valence electrons. The van der Waals surface area contributed by atoms with Gasteiger partial charge in [0.2, 0.25) is 5.71 Å². The van der Waals surface area contributed by atoms with Crippen LogP contribution in [-0.2, 0) is 36.2 Å². The number of carbonyl (C=O) groups excluding carboxylic acids is 2. The number of nitrogens with zero attached hydrogens (tertiary/aromatic N) is 2. The molecule has 0 unspecified atom stereocenters. The van der Waals surface area contributed by atoms with Gasteiger partial charge in [-0.05, 0) is 30.2 Å². The topological polar surface area (TPSA) is 171 Å². The second kappa shape index (κ2) is 11.6. The zero-order valence-electron chi connectivity index (χ0n) is 16.0. The molecule has 0 heterocycles. The van der Waals surface area contributed by atoms with Gasteiger partial charge < -0.3 is 10.6 Å². The van der Waals surface area contributed by atoms with Crippen LogP contribution in [0, 0.1) is 10.1 Å². The number of phenolic OH excluding ortho intramolecular Hbond substituents is 1. The van der Waals surface area contributed by atoms with Crippen molar-refractivity contribution in [1.82, 2.24) is 0 Å². The van der Waals surface area contributed by atoms with Gasteiger partial charge in [0.05, 0.1) is 4.92 Å². The Kier molecular flexibility index (Phi) is 10.4. The summed E-state index contributed by atoms with van der Waals surface area (Å²) in [6.45, 7) is 3.19. The number of nitro benzene ring substituents is 1. The van der Waals surface area contributed by atoms with E-state index in [9.17, 15) is 24.8 Å². The van der Waals surface area contributed by atoms with Crippen LogP contribution in [0.2, 0.25) is 0 Å². The number of benzene rings is 2. The fourth-order valence-corrected chi connectivity index (χ4v) is 2.21. The van der Waals surface area contributed by atoms with Crippen LogP contribution in [0.1, 0.15) is 19.4 Å². The van der Waals surface area contributed by atoms with Crippen LogP contribution >= 0.6 is 0 Å². The molecular weight excluding hydrogens is 434 g/mol. The summed E-state index contributed by atoms with van der Waals surface area (Å²) in [4.78, 5) is 32.2. The predicted molar refractivity (Wildman–Crippen MR) is 108 cm³/mol. The summed E-state index contributed by atoms with van der Waals surface area (Å²) in [5.74, 6) is -1.34. The van der Waals surface area contributed by atoms with E-state index in [0.717, 1.165) is 30.2 Å². The fraction of sp³-hybridized carbons (Fsp3) is 0.167. The normalized spacial score (nSPS) is 10.2. The molecular formula is C18H22N4O6Zn+2. The quantitative estimate of drug-likeness (QED) is 0.110. The number of aromatic hydroxyl groups is 1. The van der Waals surface area contributed by atoms with Crippen LogP contribution in [-0.4, -0.2) is 32.2 Å². The van der Waals surface area contributed by atoms with Gasteiger partial charge in [-0.1, -0.05) is 19.1 Å². The number of rotatable bonds is 7. The van der Waals surface area contributed by atoms with Crippen molar-refractivity contribution in [2.75, 3.05) is 10.7 Å². The Balaban J connectivity index is 0.00000392. The molecule has 1 amide bonds. The molecule has 2 aromatic carbocycles. The number of hydrogen-bond donors (Lipinski definition) is 3. The molecule has 10 nitrogen and oxygen atoms in total. The van der Waals surface area contributed by atoms with Crippen molar-refractivity contribution in [3.05, 3.63) is 58.1 Å². The number of nitro groups is 1. The maximum absolute atomic E-state index is 11.8. The summed E-state index contributed by atoms with van der Waals surface area (Å²) >= 11 is 0. The van der Waals surface area contributed by atoms with E-state index in [-0.39, 0.29) is 47.8 Å². The van der Waals surface area contributed by atoms with Crippen LogP contribution in [0.3, 0.4) is 0 Å². The molecule has 0 saturated carbocycles. The van der Waals surface area contributed by atoms with Gasteiger partial charge in [0.15, 0.2) is 5.78 Å². The number of hydrogen-bond acceptors (Lipinski definition) is 6. The first kappa shape index (κ1) is 25.8. The molecule has 0 fully saturated rings. The largest absolute Gasteiger partial charge is 0.506 e. The third-order valence-electron chi connectivity index (χ3n) is 3.63. The molecule has 2 aromatic rings. The molecule has 0 atom stereocenters. The summed E-state index contributed by atoms with van der Waals surface area (Å²) in [7, 11) is 0. The van der Waals surface area contributed by atoms with Gasteiger partial charge >= 0.3 is 5.91 Å². The first-order valence-electron chi connectivity index (χ1n) is 8.06. The van der Waals surface area contributed by atoms with Gasteiger partial charge in [0.1, 0.15) is 11.4 Å². The van der Waals surface area contributed by atoms with E-state index in [0.29, 0.717) is 5.69 Å². The second-order valence-electron chi connectivity index (χ2n) is 5.61. The second-order valence-corrected chi connectivity index (χ2v) is 5.61. The maximum atomic E-state index is 11.8. The fourth-order valence-electron chi connectivity index (χ4n) is 2.21. The molecule has 2 rings (SSSR count). The molecule has 0 aromatic heterocycles. The Bertz CT molecular complexity index is 932. The van der Waals surface area contributed by atoms with E-state index in [1.54, 1.807) is 12.1 Å². The van der Waals surface area contributed by atoms with Crippen molar-refractivity contribution >= 4 is 34.5 Å². The Hall–Kier alpha value is -3.17. The number of ketones is 1. The predicted octanol–water partition coefficient (Wildman–Crippen LogP) is 1.91. The average Bonchev–Trinajstić information content (AvgIpc) is 2.62. The third-order valence-corrected chi connectivity index (χ3v) is 3.63. The van der Waals surface area contributed by atoms with Gasteiger partial charge in [-0.2, -0.15) is 5.10 Å². The molecule has 0 aliphatic heterocycles. The van der Waals surface area contributed by atoms with Gasteiger partial charge in [-0.3, -0.25) is 30.4 Å². The molecule has 0 aliphatic carbocycles. The van der Waals surface area contributed by atoms with E-state index in [1.165, 1.54) is 6.92 Å². The monoisotopic (exact) mass is 454 g/mol. The van der Waals surface area contributed by atoms with Crippen LogP contribution < -0.4 is 10.7 Å². The zero-order valence-corrected chi connectivity index (χ0v) is 19.0. The summed E-state index contributed by atoms with van der Waals surface area (Å²) in [5.41, 5.74) is 3.30. The van der Waals surface area contributed by atoms with Crippen molar-refractivity contribution in [3.8, 4) is 5.75 Å². The Morgan fingerprint density at radius 1 is 1.28 bits per heavy atom. The molecule has 0 radical (unpaired) electrons.